The number of likely N-dealkylation sites (tertiary alicyclic amines) is 1. The van der Waals surface area contributed by atoms with Gasteiger partial charge in [0.2, 0.25) is 0 Å². The lowest BCUT2D eigenvalue weighted by Crippen LogP contribution is -2.49. The van der Waals surface area contributed by atoms with E-state index in [4.69, 9.17) is 10.3 Å². The van der Waals surface area contributed by atoms with E-state index in [1.54, 1.807) is 18.5 Å². The fraction of sp³-hybridized carbons (Fsp3) is 0.438. The van der Waals surface area contributed by atoms with Crippen molar-refractivity contribution in [1.29, 1.82) is 0 Å². The molecule has 2 atom stereocenters. The van der Waals surface area contributed by atoms with Crippen molar-refractivity contribution in [2.45, 2.75) is 25.8 Å². The van der Waals surface area contributed by atoms with E-state index in [0.717, 1.165) is 24.9 Å². The summed E-state index contributed by atoms with van der Waals surface area (Å²) in [5, 5.41) is 3.92. The van der Waals surface area contributed by atoms with Gasteiger partial charge < -0.3 is 15.2 Å². The molecular formula is C16H22Cl2N4O2. The molecule has 1 aliphatic rings. The van der Waals surface area contributed by atoms with E-state index in [1.165, 1.54) is 0 Å². The van der Waals surface area contributed by atoms with Gasteiger partial charge in [-0.3, -0.25) is 9.78 Å². The Balaban J connectivity index is 0.00000144. The second kappa shape index (κ2) is 9.01. The lowest BCUT2D eigenvalue weighted by molar-refractivity contribution is 0.0563. The number of aromatic nitrogens is 2. The fourth-order valence-corrected chi connectivity index (χ4v) is 2.91. The zero-order chi connectivity index (χ0) is 15.5. The number of rotatable bonds is 3. The SMILES string of the molecule is CC1CCN(C(=O)c2cc(-c3cccnc3)on2)C(CN)C1.Cl.Cl. The highest BCUT2D eigenvalue weighted by atomic mass is 35.5. The lowest BCUT2D eigenvalue weighted by atomic mass is 9.92. The molecule has 1 fully saturated rings. The first-order chi connectivity index (χ1) is 10.7. The topological polar surface area (TPSA) is 85.2 Å². The van der Waals surface area contributed by atoms with E-state index in [2.05, 4.69) is 17.1 Å². The van der Waals surface area contributed by atoms with Gasteiger partial charge >= 0.3 is 0 Å². The Kier molecular flexibility index (Phi) is 7.66. The molecular weight excluding hydrogens is 351 g/mol. The summed E-state index contributed by atoms with van der Waals surface area (Å²) in [5.74, 6) is 1.04. The molecule has 2 unspecified atom stereocenters. The van der Waals surface area contributed by atoms with Gasteiger partial charge in [-0.15, -0.1) is 24.8 Å². The Bertz CT molecular complexity index is 651. The Morgan fingerprint density at radius 3 is 2.92 bits per heavy atom. The Morgan fingerprint density at radius 2 is 2.25 bits per heavy atom. The van der Waals surface area contributed by atoms with Crippen molar-refractivity contribution in [3.63, 3.8) is 0 Å². The number of piperidine rings is 1. The van der Waals surface area contributed by atoms with Gasteiger partial charge in [-0.05, 0) is 30.9 Å². The Hall–Kier alpha value is -1.63. The first-order valence-electron chi connectivity index (χ1n) is 7.57. The van der Waals surface area contributed by atoms with Crippen molar-refractivity contribution in [1.82, 2.24) is 15.0 Å². The fourth-order valence-electron chi connectivity index (χ4n) is 2.91. The smallest absolute Gasteiger partial charge is 0.276 e. The molecule has 2 aromatic heterocycles. The molecule has 2 aromatic rings. The van der Waals surface area contributed by atoms with Crippen molar-refractivity contribution < 1.29 is 9.32 Å². The molecule has 3 rings (SSSR count). The second-order valence-electron chi connectivity index (χ2n) is 5.84. The van der Waals surface area contributed by atoms with Crippen LogP contribution in [0.5, 0.6) is 0 Å². The number of carbonyl (C=O) groups is 1. The van der Waals surface area contributed by atoms with Gasteiger partial charge in [0.05, 0.1) is 0 Å². The number of nitrogens with zero attached hydrogens (tertiary/aromatic N) is 3. The maximum Gasteiger partial charge on any atom is 0.276 e. The minimum atomic E-state index is -0.110. The predicted octanol–water partition coefficient (Wildman–Crippen LogP) is 2.78. The number of carbonyl (C=O) groups excluding carboxylic acids is 1. The average Bonchev–Trinajstić information content (AvgIpc) is 3.05. The van der Waals surface area contributed by atoms with Gasteiger partial charge in [-0.1, -0.05) is 12.1 Å². The first kappa shape index (κ1) is 20.4. The maximum absolute atomic E-state index is 12.7. The van der Waals surface area contributed by atoms with Crippen LogP contribution in [0, 0.1) is 5.92 Å². The van der Waals surface area contributed by atoms with Crippen LogP contribution in [0.1, 0.15) is 30.3 Å². The summed E-state index contributed by atoms with van der Waals surface area (Å²) in [7, 11) is 0. The lowest BCUT2D eigenvalue weighted by Gasteiger charge is -2.37. The molecule has 1 aliphatic heterocycles. The summed E-state index contributed by atoms with van der Waals surface area (Å²) in [6.07, 6.45) is 5.30. The van der Waals surface area contributed by atoms with Gasteiger partial charge in [0.25, 0.3) is 5.91 Å². The molecule has 0 spiro atoms. The quantitative estimate of drug-likeness (QED) is 0.894. The number of hydrogen-bond acceptors (Lipinski definition) is 5. The predicted molar refractivity (Wildman–Crippen MR) is 96.5 cm³/mol. The van der Waals surface area contributed by atoms with E-state index in [9.17, 15) is 4.79 Å². The number of amides is 1. The molecule has 0 radical (unpaired) electrons. The van der Waals surface area contributed by atoms with Crippen LogP contribution in [0.25, 0.3) is 11.3 Å². The molecule has 1 saturated heterocycles. The third-order valence-corrected chi connectivity index (χ3v) is 4.19. The Morgan fingerprint density at radius 1 is 1.46 bits per heavy atom. The van der Waals surface area contributed by atoms with Crippen LogP contribution >= 0.6 is 24.8 Å². The average molecular weight is 373 g/mol. The highest BCUT2D eigenvalue weighted by Crippen LogP contribution is 2.25. The molecule has 24 heavy (non-hydrogen) atoms. The summed E-state index contributed by atoms with van der Waals surface area (Å²) in [4.78, 5) is 18.5. The van der Waals surface area contributed by atoms with Crippen LogP contribution in [-0.2, 0) is 0 Å². The maximum atomic E-state index is 12.7. The van der Waals surface area contributed by atoms with Crippen LogP contribution in [0.15, 0.2) is 35.1 Å². The molecule has 0 bridgehead atoms. The van der Waals surface area contributed by atoms with Gasteiger partial charge in [-0.25, -0.2) is 0 Å². The van der Waals surface area contributed by atoms with E-state index >= 15 is 0 Å². The van der Waals surface area contributed by atoms with Crippen LogP contribution in [0.4, 0.5) is 0 Å². The minimum Gasteiger partial charge on any atom is -0.355 e. The van der Waals surface area contributed by atoms with E-state index in [0.29, 0.717) is 23.9 Å². The summed E-state index contributed by atoms with van der Waals surface area (Å²) >= 11 is 0. The minimum absolute atomic E-state index is 0. The highest BCUT2D eigenvalue weighted by Gasteiger charge is 2.31. The van der Waals surface area contributed by atoms with Crippen molar-refractivity contribution >= 4 is 30.7 Å². The zero-order valence-electron chi connectivity index (χ0n) is 13.4. The summed E-state index contributed by atoms with van der Waals surface area (Å²) < 4.78 is 5.28. The monoisotopic (exact) mass is 372 g/mol. The van der Waals surface area contributed by atoms with Crippen molar-refractivity contribution in [3.8, 4) is 11.3 Å². The molecule has 2 N–H and O–H groups in total. The molecule has 0 aromatic carbocycles. The molecule has 8 heteroatoms. The second-order valence-corrected chi connectivity index (χ2v) is 5.84. The summed E-state index contributed by atoms with van der Waals surface area (Å²) in [6.45, 7) is 3.39. The number of nitrogens with two attached hydrogens (primary N) is 1. The van der Waals surface area contributed by atoms with Crippen molar-refractivity contribution in [2.75, 3.05) is 13.1 Å². The normalized spacial score (nSPS) is 20.0. The third kappa shape index (κ3) is 4.26. The number of hydrogen-bond donors (Lipinski definition) is 1. The molecule has 3 heterocycles. The molecule has 1 amide bonds. The number of halogens is 2. The standard InChI is InChI=1S/C16H20N4O2.2ClH/c1-11-4-6-20(13(7-11)9-17)16(21)14-8-15(22-19-14)12-3-2-5-18-10-12;;/h2-3,5,8,10-11,13H,4,6-7,9,17H2,1H3;2*1H. The van der Waals surface area contributed by atoms with Gasteiger partial charge in [0.1, 0.15) is 0 Å². The third-order valence-electron chi connectivity index (χ3n) is 4.19. The molecule has 0 aliphatic carbocycles. The van der Waals surface area contributed by atoms with Crippen LogP contribution < -0.4 is 5.73 Å². The molecule has 0 saturated carbocycles. The molecule has 6 nitrogen and oxygen atoms in total. The van der Waals surface area contributed by atoms with E-state index in [1.807, 2.05) is 17.0 Å². The van der Waals surface area contributed by atoms with Crippen LogP contribution in [-0.4, -0.2) is 40.1 Å². The Labute approximate surface area is 153 Å². The molecule has 132 valence electrons. The van der Waals surface area contributed by atoms with Gasteiger partial charge in [0.15, 0.2) is 11.5 Å². The number of pyridine rings is 1. The van der Waals surface area contributed by atoms with E-state index in [-0.39, 0.29) is 36.8 Å². The first-order valence-corrected chi connectivity index (χ1v) is 7.57. The van der Waals surface area contributed by atoms with Crippen molar-refractivity contribution in [3.05, 3.63) is 36.3 Å². The summed E-state index contributed by atoms with van der Waals surface area (Å²) in [6, 6.07) is 5.43. The summed E-state index contributed by atoms with van der Waals surface area (Å²) in [5.41, 5.74) is 6.95. The highest BCUT2D eigenvalue weighted by molar-refractivity contribution is 5.93. The van der Waals surface area contributed by atoms with Crippen LogP contribution in [0.3, 0.4) is 0 Å². The largest absolute Gasteiger partial charge is 0.355 e. The van der Waals surface area contributed by atoms with Crippen molar-refractivity contribution in [2.24, 2.45) is 11.7 Å². The van der Waals surface area contributed by atoms with Gasteiger partial charge in [-0.2, -0.15) is 0 Å². The zero-order valence-corrected chi connectivity index (χ0v) is 15.1. The van der Waals surface area contributed by atoms with Gasteiger partial charge in [0, 0.05) is 43.2 Å². The van der Waals surface area contributed by atoms with E-state index < -0.39 is 0 Å². The van der Waals surface area contributed by atoms with Crippen LogP contribution in [0.2, 0.25) is 0 Å².